The number of thioether (sulfide) groups is 1. The van der Waals surface area contributed by atoms with Crippen LogP contribution in [0.1, 0.15) is 25.7 Å². The summed E-state index contributed by atoms with van der Waals surface area (Å²) in [4.78, 5) is 0. The molecular formula is C8H12ClNS. The maximum Gasteiger partial charge on any atom is 0.129 e. The molecule has 0 amide bonds. The Balaban J connectivity index is 2.07. The Morgan fingerprint density at radius 1 is 1.55 bits per heavy atom. The van der Waals surface area contributed by atoms with Crippen LogP contribution in [0.25, 0.3) is 0 Å². The molecule has 0 aromatic carbocycles. The van der Waals surface area contributed by atoms with Crippen LogP contribution in [0.2, 0.25) is 0 Å². The topological polar surface area (TPSA) is 23.8 Å². The van der Waals surface area contributed by atoms with Crippen molar-refractivity contribution in [2.75, 3.05) is 5.75 Å². The molecule has 0 heterocycles. The number of nitrogens with zero attached hydrogens (tertiary/aromatic N) is 1. The molecule has 62 valence electrons. The molecule has 0 saturated heterocycles. The van der Waals surface area contributed by atoms with Crippen molar-refractivity contribution in [3.63, 3.8) is 0 Å². The maximum absolute atomic E-state index is 8.41. The summed E-state index contributed by atoms with van der Waals surface area (Å²) >= 11 is 7.52. The van der Waals surface area contributed by atoms with Crippen LogP contribution >= 0.6 is 23.4 Å². The quantitative estimate of drug-likeness (QED) is 0.638. The molecule has 1 unspecified atom stereocenters. The fourth-order valence-electron chi connectivity index (χ4n) is 1.31. The molecule has 0 aromatic heterocycles. The summed E-state index contributed by atoms with van der Waals surface area (Å²) in [7, 11) is 0. The predicted octanol–water partition coefficient (Wildman–Crippen LogP) is 2.79. The summed E-state index contributed by atoms with van der Waals surface area (Å²) in [6, 6.07) is 2.03. The fraction of sp³-hybridized carbons (Fsp3) is 0.875. The molecule has 0 aromatic rings. The van der Waals surface area contributed by atoms with Crippen molar-refractivity contribution in [3.8, 4) is 6.07 Å². The average molecular weight is 190 g/mol. The van der Waals surface area contributed by atoms with Gasteiger partial charge in [-0.2, -0.15) is 17.0 Å². The van der Waals surface area contributed by atoms with E-state index in [1.807, 2.05) is 17.8 Å². The van der Waals surface area contributed by atoms with E-state index in [1.54, 1.807) is 0 Å². The highest BCUT2D eigenvalue weighted by atomic mass is 35.5. The smallest absolute Gasteiger partial charge is 0.129 e. The second-order valence-electron chi connectivity index (χ2n) is 2.84. The molecule has 0 radical (unpaired) electrons. The Hall–Kier alpha value is 0.130. The molecule has 3 heteroatoms. The van der Waals surface area contributed by atoms with E-state index in [0.29, 0.717) is 0 Å². The zero-order valence-electron chi connectivity index (χ0n) is 6.42. The summed E-state index contributed by atoms with van der Waals surface area (Å²) in [6.45, 7) is 0. The molecule has 11 heavy (non-hydrogen) atoms. The lowest BCUT2D eigenvalue weighted by Crippen LogP contribution is -2.03. The van der Waals surface area contributed by atoms with Crippen molar-refractivity contribution in [1.29, 1.82) is 5.26 Å². The molecule has 1 atom stereocenters. The third-order valence-corrected chi connectivity index (χ3v) is 3.82. The van der Waals surface area contributed by atoms with E-state index in [1.165, 1.54) is 25.7 Å². The van der Waals surface area contributed by atoms with E-state index in [2.05, 4.69) is 0 Å². The van der Waals surface area contributed by atoms with Crippen LogP contribution < -0.4 is 0 Å². The van der Waals surface area contributed by atoms with E-state index in [0.717, 1.165) is 11.0 Å². The van der Waals surface area contributed by atoms with E-state index in [9.17, 15) is 0 Å². The van der Waals surface area contributed by atoms with Gasteiger partial charge in [-0.25, -0.2) is 0 Å². The highest BCUT2D eigenvalue weighted by Crippen LogP contribution is 2.30. The zero-order chi connectivity index (χ0) is 8.10. The highest BCUT2D eigenvalue weighted by Gasteiger charge is 2.16. The molecule has 0 N–H and O–H groups in total. The summed E-state index contributed by atoms with van der Waals surface area (Å²) in [6.07, 6.45) is 5.35. The minimum absolute atomic E-state index is 0.291. The van der Waals surface area contributed by atoms with E-state index in [4.69, 9.17) is 16.9 Å². The second-order valence-corrected chi connectivity index (χ2v) is 4.70. The minimum atomic E-state index is -0.291. The molecular weight excluding hydrogens is 178 g/mol. The molecule has 1 aliphatic carbocycles. The lowest BCUT2D eigenvalue weighted by molar-refractivity contribution is 0.886. The first-order chi connectivity index (χ1) is 5.33. The van der Waals surface area contributed by atoms with E-state index in [-0.39, 0.29) is 5.38 Å². The van der Waals surface area contributed by atoms with E-state index < -0.39 is 0 Å². The van der Waals surface area contributed by atoms with Crippen LogP contribution in [0, 0.1) is 11.3 Å². The number of alkyl halides is 1. The van der Waals surface area contributed by atoms with Crippen LogP contribution in [0.15, 0.2) is 0 Å². The van der Waals surface area contributed by atoms with Crippen molar-refractivity contribution in [1.82, 2.24) is 0 Å². The molecule has 1 rings (SSSR count). The summed E-state index contributed by atoms with van der Waals surface area (Å²) < 4.78 is 0. The number of nitriles is 1. The number of halogens is 1. The van der Waals surface area contributed by atoms with Crippen molar-refractivity contribution in [3.05, 3.63) is 0 Å². The van der Waals surface area contributed by atoms with Crippen LogP contribution in [0.4, 0.5) is 0 Å². The molecule has 1 nitrogen and oxygen atoms in total. The molecule has 0 aliphatic heterocycles. The molecule has 1 aliphatic rings. The monoisotopic (exact) mass is 189 g/mol. The Morgan fingerprint density at radius 3 is 2.73 bits per heavy atom. The normalized spacial score (nSPS) is 21.5. The SMILES string of the molecule is N#CC(Cl)CSC1CCCC1. The van der Waals surface area contributed by atoms with Gasteiger partial charge in [0.1, 0.15) is 5.38 Å². The maximum atomic E-state index is 8.41. The summed E-state index contributed by atoms with van der Waals surface area (Å²) in [5.41, 5.74) is 0. The number of hydrogen-bond acceptors (Lipinski definition) is 2. The van der Waals surface area contributed by atoms with Gasteiger partial charge >= 0.3 is 0 Å². The van der Waals surface area contributed by atoms with Gasteiger partial charge < -0.3 is 0 Å². The van der Waals surface area contributed by atoms with Gasteiger partial charge in [0.25, 0.3) is 0 Å². The Bertz CT molecular complexity index is 149. The fourth-order valence-corrected chi connectivity index (χ4v) is 2.71. The van der Waals surface area contributed by atoms with Crippen LogP contribution in [0.5, 0.6) is 0 Å². The zero-order valence-corrected chi connectivity index (χ0v) is 8.00. The van der Waals surface area contributed by atoms with Gasteiger partial charge in [-0.15, -0.1) is 11.6 Å². The minimum Gasteiger partial charge on any atom is -0.197 e. The van der Waals surface area contributed by atoms with Crippen molar-refractivity contribution < 1.29 is 0 Å². The van der Waals surface area contributed by atoms with Gasteiger partial charge in [-0.3, -0.25) is 0 Å². The third kappa shape index (κ3) is 3.35. The molecule has 1 saturated carbocycles. The number of rotatable bonds is 3. The summed E-state index contributed by atoms with van der Waals surface area (Å²) in [5, 5.41) is 8.90. The van der Waals surface area contributed by atoms with Gasteiger partial charge in [0.15, 0.2) is 0 Å². The van der Waals surface area contributed by atoms with Crippen molar-refractivity contribution in [2.45, 2.75) is 36.3 Å². The average Bonchev–Trinajstić information content (AvgIpc) is 2.52. The van der Waals surface area contributed by atoms with Gasteiger partial charge in [-0.1, -0.05) is 12.8 Å². The third-order valence-electron chi connectivity index (χ3n) is 1.92. The summed E-state index contributed by atoms with van der Waals surface area (Å²) in [5.74, 6) is 0.794. The standard InChI is InChI=1S/C8H12ClNS/c9-7(5-10)6-11-8-3-1-2-4-8/h7-8H,1-4,6H2. The van der Waals surface area contributed by atoms with Gasteiger partial charge in [0.05, 0.1) is 6.07 Å². The van der Waals surface area contributed by atoms with Crippen molar-refractivity contribution >= 4 is 23.4 Å². The first-order valence-corrected chi connectivity index (χ1v) is 5.46. The van der Waals surface area contributed by atoms with Crippen LogP contribution in [0.3, 0.4) is 0 Å². The molecule has 0 spiro atoms. The Kier molecular flexibility index (Phi) is 4.11. The highest BCUT2D eigenvalue weighted by molar-refractivity contribution is 8.00. The van der Waals surface area contributed by atoms with Gasteiger partial charge in [0.2, 0.25) is 0 Å². The second kappa shape index (κ2) is 4.90. The lowest BCUT2D eigenvalue weighted by Gasteiger charge is -2.07. The Labute approximate surface area is 77.1 Å². The van der Waals surface area contributed by atoms with Gasteiger partial charge in [0, 0.05) is 11.0 Å². The van der Waals surface area contributed by atoms with Crippen LogP contribution in [-0.2, 0) is 0 Å². The van der Waals surface area contributed by atoms with Crippen LogP contribution in [-0.4, -0.2) is 16.4 Å². The first-order valence-electron chi connectivity index (χ1n) is 3.98. The number of hydrogen-bond donors (Lipinski definition) is 0. The van der Waals surface area contributed by atoms with Gasteiger partial charge in [-0.05, 0) is 12.8 Å². The first kappa shape index (κ1) is 9.22. The predicted molar refractivity (Wildman–Crippen MR) is 50.0 cm³/mol. The molecule has 1 fully saturated rings. The molecule has 0 bridgehead atoms. The Morgan fingerprint density at radius 2 is 2.18 bits per heavy atom. The van der Waals surface area contributed by atoms with E-state index >= 15 is 0 Å². The largest absolute Gasteiger partial charge is 0.197 e. The lowest BCUT2D eigenvalue weighted by atomic mass is 10.4. The van der Waals surface area contributed by atoms with Crippen molar-refractivity contribution in [2.24, 2.45) is 0 Å².